The van der Waals surface area contributed by atoms with Crippen LogP contribution in [-0.2, 0) is 16.1 Å². The van der Waals surface area contributed by atoms with Gasteiger partial charge in [-0.2, -0.15) is 0 Å². The molecule has 0 amide bonds. The Hall–Kier alpha value is -0.980. The first-order valence-electron chi connectivity index (χ1n) is 7.04. The van der Waals surface area contributed by atoms with Crippen LogP contribution in [0.5, 0.6) is 0 Å². The maximum atomic E-state index is 13.5. The number of benzene rings is 1. The predicted molar refractivity (Wildman–Crippen MR) is 82.5 cm³/mol. The fourth-order valence-electron chi connectivity index (χ4n) is 2.43. The maximum absolute atomic E-state index is 13.5. The molecule has 4 nitrogen and oxygen atoms in total. The van der Waals surface area contributed by atoms with Crippen molar-refractivity contribution in [1.29, 1.82) is 0 Å². The lowest BCUT2D eigenvalue weighted by atomic mass is 10.2. The van der Waals surface area contributed by atoms with Crippen molar-refractivity contribution in [2.24, 2.45) is 0 Å². The second-order valence-corrected chi connectivity index (χ2v) is 5.95. The molecule has 0 saturated carbocycles. The van der Waals surface area contributed by atoms with E-state index in [1.807, 2.05) is 6.07 Å². The minimum absolute atomic E-state index is 0.166. The van der Waals surface area contributed by atoms with E-state index >= 15 is 0 Å². The van der Waals surface area contributed by atoms with Crippen LogP contribution in [0.3, 0.4) is 0 Å². The average molecular weight is 359 g/mol. The monoisotopic (exact) mass is 358 g/mol. The highest BCUT2D eigenvalue weighted by molar-refractivity contribution is 9.10. The van der Waals surface area contributed by atoms with Gasteiger partial charge in [0.05, 0.1) is 18.0 Å². The molecular formula is C15H20BrFN2O2. The standard InChI is InChI=1S/C15H20BrFN2O2/c1-21-14(20)5-6-18-7-9-19(10-8-18)11-12-3-2-4-13(17)15(12)16/h2-4H,5-11H2,1H3. The number of carbonyl (C=O) groups is 1. The lowest BCUT2D eigenvalue weighted by Gasteiger charge is -2.34. The number of carbonyl (C=O) groups excluding carboxylic acids is 1. The van der Waals surface area contributed by atoms with Gasteiger partial charge in [-0.3, -0.25) is 9.69 Å². The molecule has 0 spiro atoms. The molecule has 21 heavy (non-hydrogen) atoms. The topological polar surface area (TPSA) is 32.8 Å². The first-order valence-corrected chi connectivity index (χ1v) is 7.84. The van der Waals surface area contributed by atoms with E-state index in [1.165, 1.54) is 13.2 Å². The van der Waals surface area contributed by atoms with E-state index in [4.69, 9.17) is 0 Å². The van der Waals surface area contributed by atoms with Gasteiger partial charge in [-0.15, -0.1) is 0 Å². The van der Waals surface area contributed by atoms with E-state index in [0.29, 0.717) is 10.9 Å². The van der Waals surface area contributed by atoms with Crippen LogP contribution in [0.2, 0.25) is 0 Å². The number of hydrogen-bond acceptors (Lipinski definition) is 4. The number of piperazine rings is 1. The van der Waals surface area contributed by atoms with E-state index in [1.54, 1.807) is 6.07 Å². The van der Waals surface area contributed by atoms with Gasteiger partial charge >= 0.3 is 5.97 Å². The van der Waals surface area contributed by atoms with Crippen LogP contribution in [0, 0.1) is 5.82 Å². The molecule has 1 aliphatic rings. The van der Waals surface area contributed by atoms with E-state index in [2.05, 4.69) is 30.5 Å². The van der Waals surface area contributed by atoms with Crippen molar-refractivity contribution in [3.8, 4) is 0 Å². The second kappa shape index (κ2) is 7.87. The molecular weight excluding hydrogens is 339 g/mol. The Morgan fingerprint density at radius 2 is 1.95 bits per heavy atom. The van der Waals surface area contributed by atoms with Crippen LogP contribution >= 0.6 is 15.9 Å². The Morgan fingerprint density at radius 3 is 2.62 bits per heavy atom. The molecule has 6 heteroatoms. The summed E-state index contributed by atoms with van der Waals surface area (Å²) in [6.45, 7) is 5.16. The number of methoxy groups -OCH3 is 1. The zero-order valence-corrected chi connectivity index (χ0v) is 13.7. The SMILES string of the molecule is COC(=O)CCN1CCN(Cc2cccc(F)c2Br)CC1. The van der Waals surface area contributed by atoms with E-state index in [9.17, 15) is 9.18 Å². The van der Waals surface area contributed by atoms with Gasteiger partial charge in [-0.05, 0) is 27.6 Å². The van der Waals surface area contributed by atoms with Gasteiger partial charge in [-0.1, -0.05) is 12.1 Å². The first kappa shape index (κ1) is 16.4. The van der Waals surface area contributed by atoms with Crippen molar-refractivity contribution in [2.45, 2.75) is 13.0 Å². The molecule has 0 aliphatic carbocycles. The fraction of sp³-hybridized carbons (Fsp3) is 0.533. The molecule has 0 aromatic heterocycles. The zero-order chi connectivity index (χ0) is 15.2. The van der Waals surface area contributed by atoms with Gasteiger partial charge in [0.25, 0.3) is 0 Å². The third-order valence-corrected chi connectivity index (χ3v) is 4.64. The summed E-state index contributed by atoms with van der Waals surface area (Å²) in [5.41, 5.74) is 0.970. The highest BCUT2D eigenvalue weighted by Gasteiger charge is 2.18. The van der Waals surface area contributed by atoms with Crippen molar-refractivity contribution in [2.75, 3.05) is 39.8 Å². The molecule has 1 saturated heterocycles. The largest absolute Gasteiger partial charge is 0.469 e. The van der Waals surface area contributed by atoms with Crippen molar-refractivity contribution >= 4 is 21.9 Å². The number of esters is 1. The molecule has 0 N–H and O–H groups in total. The Kier molecular flexibility index (Phi) is 6.14. The number of nitrogens with zero attached hydrogens (tertiary/aromatic N) is 2. The molecule has 1 aromatic rings. The summed E-state index contributed by atoms with van der Waals surface area (Å²) in [4.78, 5) is 15.7. The smallest absolute Gasteiger partial charge is 0.306 e. The van der Waals surface area contributed by atoms with Crippen LogP contribution in [0.25, 0.3) is 0 Å². The van der Waals surface area contributed by atoms with Gasteiger partial charge < -0.3 is 9.64 Å². The highest BCUT2D eigenvalue weighted by atomic mass is 79.9. The van der Waals surface area contributed by atoms with E-state index in [0.717, 1.165) is 44.8 Å². The van der Waals surface area contributed by atoms with Crippen molar-refractivity contribution in [1.82, 2.24) is 9.80 Å². The molecule has 0 bridgehead atoms. The summed E-state index contributed by atoms with van der Waals surface area (Å²) in [7, 11) is 1.41. The third kappa shape index (κ3) is 4.76. The third-order valence-electron chi connectivity index (χ3n) is 3.75. The lowest BCUT2D eigenvalue weighted by molar-refractivity contribution is -0.141. The van der Waals surface area contributed by atoms with Gasteiger partial charge in [0.1, 0.15) is 5.82 Å². The molecule has 1 fully saturated rings. The van der Waals surface area contributed by atoms with Crippen molar-refractivity contribution in [3.05, 3.63) is 34.1 Å². The van der Waals surface area contributed by atoms with Crippen LogP contribution in [0.15, 0.2) is 22.7 Å². The fourth-order valence-corrected chi connectivity index (χ4v) is 2.82. The summed E-state index contributed by atoms with van der Waals surface area (Å²) in [5.74, 6) is -0.384. The normalized spacial score (nSPS) is 16.9. The number of ether oxygens (including phenoxy) is 1. The van der Waals surface area contributed by atoms with Gasteiger partial charge in [0.2, 0.25) is 0 Å². The minimum atomic E-state index is -0.218. The quantitative estimate of drug-likeness (QED) is 0.756. The first-order chi connectivity index (χ1) is 10.1. The van der Waals surface area contributed by atoms with Crippen LogP contribution < -0.4 is 0 Å². The number of rotatable bonds is 5. The van der Waals surface area contributed by atoms with Crippen LogP contribution in [0.4, 0.5) is 4.39 Å². The molecule has 116 valence electrons. The van der Waals surface area contributed by atoms with Crippen molar-refractivity contribution in [3.63, 3.8) is 0 Å². The van der Waals surface area contributed by atoms with Crippen LogP contribution in [-0.4, -0.2) is 55.6 Å². The molecule has 1 aromatic carbocycles. The van der Waals surface area contributed by atoms with E-state index in [-0.39, 0.29) is 11.8 Å². The average Bonchev–Trinajstić information content (AvgIpc) is 2.51. The Labute approximate surface area is 133 Å². The van der Waals surface area contributed by atoms with Crippen molar-refractivity contribution < 1.29 is 13.9 Å². The Morgan fingerprint density at radius 1 is 1.29 bits per heavy atom. The Balaban J connectivity index is 1.79. The molecule has 0 radical (unpaired) electrons. The summed E-state index contributed by atoms with van der Waals surface area (Å²) >= 11 is 3.30. The molecule has 2 rings (SSSR count). The zero-order valence-electron chi connectivity index (χ0n) is 12.1. The molecule has 1 aliphatic heterocycles. The van der Waals surface area contributed by atoms with Gasteiger partial charge in [0, 0.05) is 39.3 Å². The lowest BCUT2D eigenvalue weighted by Crippen LogP contribution is -2.46. The molecule has 1 heterocycles. The van der Waals surface area contributed by atoms with Crippen LogP contribution in [0.1, 0.15) is 12.0 Å². The second-order valence-electron chi connectivity index (χ2n) is 5.16. The maximum Gasteiger partial charge on any atom is 0.306 e. The summed E-state index contributed by atoms with van der Waals surface area (Å²) < 4.78 is 18.7. The van der Waals surface area contributed by atoms with Gasteiger partial charge in [-0.25, -0.2) is 4.39 Å². The van der Waals surface area contributed by atoms with E-state index < -0.39 is 0 Å². The summed E-state index contributed by atoms with van der Waals surface area (Å²) in [5, 5.41) is 0. The van der Waals surface area contributed by atoms with Gasteiger partial charge in [0.15, 0.2) is 0 Å². The molecule has 0 atom stereocenters. The number of halogens is 2. The summed E-state index contributed by atoms with van der Waals surface area (Å²) in [6.07, 6.45) is 0.436. The predicted octanol–water partition coefficient (Wildman–Crippen LogP) is 2.27. The number of hydrogen-bond donors (Lipinski definition) is 0. The Bertz CT molecular complexity index is 491. The summed E-state index contributed by atoms with van der Waals surface area (Å²) in [6, 6.07) is 5.14. The highest BCUT2D eigenvalue weighted by Crippen LogP contribution is 2.22. The molecule has 0 unspecified atom stereocenters. The minimum Gasteiger partial charge on any atom is -0.469 e.